The molecule has 0 spiro atoms. The van der Waals surface area contributed by atoms with Gasteiger partial charge in [-0.15, -0.1) is 0 Å². The van der Waals surface area contributed by atoms with Crippen molar-refractivity contribution in [1.29, 1.82) is 0 Å². The van der Waals surface area contributed by atoms with E-state index in [1.807, 2.05) is 6.20 Å². The number of rotatable bonds is 3. The Morgan fingerprint density at radius 2 is 2.05 bits per heavy atom. The zero-order valence-electron chi connectivity index (χ0n) is 11.5. The summed E-state index contributed by atoms with van der Waals surface area (Å²) in [4.78, 5) is 19.5. The molecule has 1 aliphatic rings. The van der Waals surface area contributed by atoms with E-state index in [4.69, 9.17) is 0 Å². The monoisotopic (exact) mass is 270 g/mol. The average Bonchev–Trinajstić information content (AvgIpc) is 2.49. The van der Waals surface area contributed by atoms with E-state index in [2.05, 4.69) is 37.2 Å². The van der Waals surface area contributed by atoms with E-state index in [9.17, 15) is 0 Å². The molecule has 1 unspecified atom stereocenters. The third-order valence-electron chi connectivity index (χ3n) is 3.52. The second kappa shape index (κ2) is 5.92. The third-order valence-corrected chi connectivity index (χ3v) is 3.52. The smallest absolute Gasteiger partial charge is 0.150 e. The van der Waals surface area contributed by atoms with Crippen LogP contribution in [0.25, 0.3) is 0 Å². The fourth-order valence-corrected chi connectivity index (χ4v) is 2.54. The highest BCUT2D eigenvalue weighted by atomic mass is 15.1. The van der Waals surface area contributed by atoms with E-state index in [1.54, 1.807) is 24.8 Å². The lowest BCUT2D eigenvalue weighted by molar-refractivity contribution is 0.248. The molecule has 1 aliphatic heterocycles. The molecule has 6 nitrogen and oxygen atoms in total. The molecule has 1 N–H and O–H groups in total. The molecule has 2 aromatic heterocycles. The third kappa shape index (κ3) is 3.08. The van der Waals surface area contributed by atoms with Crippen LogP contribution < -0.4 is 5.32 Å². The van der Waals surface area contributed by atoms with Gasteiger partial charge in [0.25, 0.3) is 0 Å². The number of nitrogens with zero attached hydrogens (tertiary/aromatic N) is 5. The van der Waals surface area contributed by atoms with Gasteiger partial charge in [0.05, 0.1) is 18.1 Å². The summed E-state index contributed by atoms with van der Waals surface area (Å²) in [5, 5.41) is 3.13. The Morgan fingerprint density at radius 1 is 1.15 bits per heavy atom. The maximum atomic E-state index is 4.66. The van der Waals surface area contributed by atoms with Crippen molar-refractivity contribution < 1.29 is 0 Å². The second-order valence-corrected chi connectivity index (χ2v) is 5.15. The number of piperidine rings is 1. The fourth-order valence-electron chi connectivity index (χ4n) is 2.54. The van der Waals surface area contributed by atoms with Crippen LogP contribution in [0.3, 0.4) is 0 Å². The van der Waals surface area contributed by atoms with E-state index in [0.717, 1.165) is 18.1 Å². The van der Waals surface area contributed by atoms with Crippen molar-refractivity contribution >= 4 is 11.6 Å². The summed E-state index contributed by atoms with van der Waals surface area (Å²) in [6, 6.07) is 0. The lowest BCUT2D eigenvalue weighted by Crippen LogP contribution is -2.31. The van der Waals surface area contributed by atoms with Crippen LogP contribution in [0, 0.1) is 0 Å². The van der Waals surface area contributed by atoms with Crippen LogP contribution in [0.5, 0.6) is 0 Å². The van der Waals surface area contributed by atoms with E-state index >= 15 is 0 Å². The standard InChI is InChI=1S/C14H18N6/c1-20-6-2-3-11(10-20)12-7-16-9-14(18-12)19-13-8-15-4-5-17-13/h4-5,7-9,11H,2-3,6,10H2,1H3,(H,17,18,19). The Labute approximate surface area is 118 Å². The Morgan fingerprint density at radius 3 is 2.85 bits per heavy atom. The molecule has 6 heteroatoms. The minimum absolute atomic E-state index is 0.463. The van der Waals surface area contributed by atoms with Gasteiger partial charge in [0.1, 0.15) is 11.6 Å². The number of likely N-dealkylation sites (N-methyl/N-ethyl adjacent to an activating group) is 1. The van der Waals surface area contributed by atoms with Crippen molar-refractivity contribution in [3.8, 4) is 0 Å². The summed E-state index contributed by atoms with van der Waals surface area (Å²) in [5.41, 5.74) is 1.05. The molecule has 0 amide bonds. The summed E-state index contributed by atoms with van der Waals surface area (Å²) in [6.45, 7) is 2.21. The Bertz CT molecular complexity index is 559. The predicted octanol–water partition coefficient (Wildman–Crippen LogP) is 1.82. The van der Waals surface area contributed by atoms with Gasteiger partial charge in [-0.05, 0) is 26.4 Å². The summed E-state index contributed by atoms with van der Waals surface area (Å²) in [7, 11) is 2.15. The summed E-state index contributed by atoms with van der Waals surface area (Å²) in [6.07, 6.45) is 10.9. The minimum Gasteiger partial charge on any atom is -0.322 e. The van der Waals surface area contributed by atoms with Gasteiger partial charge < -0.3 is 10.2 Å². The average molecular weight is 270 g/mol. The van der Waals surface area contributed by atoms with Crippen molar-refractivity contribution in [1.82, 2.24) is 24.8 Å². The first kappa shape index (κ1) is 12.9. The number of hydrogen-bond donors (Lipinski definition) is 1. The van der Waals surface area contributed by atoms with Crippen LogP contribution >= 0.6 is 0 Å². The number of aromatic nitrogens is 4. The quantitative estimate of drug-likeness (QED) is 0.917. The molecule has 1 saturated heterocycles. The molecule has 104 valence electrons. The molecular weight excluding hydrogens is 252 g/mol. The first-order valence-electron chi connectivity index (χ1n) is 6.85. The normalized spacial score (nSPS) is 19.8. The van der Waals surface area contributed by atoms with E-state index in [1.165, 1.54) is 19.4 Å². The lowest BCUT2D eigenvalue weighted by Gasteiger charge is -2.29. The van der Waals surface area contributed by atoms with Crippen LogP contribution in [-0.2, 0) is 0 Å². The number of hydrogen-bond acceptors (Lipinski definition) is 6. The van der Waals surface area contributed by atoms with E-state index < -0.39 is 0 Å². The van der Waals surface area contributed by atoms with Crippen LogP contribution in [0.15, 0.2) is 31.0 Å². The fraction of sp³-hybridized carbons (Fsp3) is 0.429. The largest absolute Gasteiger partial charge is 0.322 e. The molecule has 1 fully saturated rings. The number of nitrogens with one attached hydrogen (secondary N) is 1. The molecule has 0 aromatic carbocycles. The van der Waals surface area contributed by atoms with Gasteiger partial charge in [-0.25, -0.2) is 9.97 Å². The topological polar surface area (TPSA) is 66.8 Å². The summed E-state index contributed by atoms with van der Waals surface area (Å²) < 4.78 is 0. The predicted molar refractivity (Wildman–Crippen MR) is 76.8 cm³/mol. The van der Waals surface area contributed by atoms with Crippen molar-refractivity contribution in [3.63, 3.8) is 0 Å². The SMILES string of the molecule is CN1CCCC(c2cncc(Nc3cnccn3)n2)C1. The van der Waals surface area contributed by atoms with Gasteiger partial charge >= 0.3 is 0 Å². The highest BCUT2D eigenvalue weighted by Crippen LogP contribution is 2.25. The molecule has 0 aliphatic carbocycles. The molecule has 3 rings (SSSR count). The first-order chi connectivity index (χ1) is 9.81. The van der Waals surface area contributed by atoms with Crippen molar-refractivity contribution in [2.75, 3.05) is 25.5 Å². The zero-order chi connectivity index (χ0) is 13.8. The molecule has 0 radical (unpaired) electrons. The molecule has 0 bridgehead atoms. The summed E-state index contributed by atoms with van der Waals surface area (Å²) >= 11 is 0. The minimum atomic E-state index is 0.463. The van der Waals surface area contributed by atoms with E-state index in [-0.39, 0.29) is 0 Å². The van der Waals surface area contributed by atoms with Gasteiger partial charge in [-0.3, -0.25) is 9.97 Å². The zero-order valence-corrected chi connectivity index (χ0v) is 11.5. The van der Waals surface area contributed by atoms with Crippen LogP contribution in [-0.4, -0.2) is 45.0 Å². The van der Waals surface area contributed by atoms with Crippen LogP contribution in [0.1, 0.15) is 24.5 Å². The van der Waals surface area contributed by atoms with Gasteiger partial charge in [0.2, 0.25) is 0 Å². The molecule has 20 heavy (non-hydrogen) atoms. The highest BCUT2D eigenvalue weighted by Gasteiger charge is 2.20. The molecule has 0 saturated carbocycles. The van der Waals surface area contributed by atoms with Crippen molar-refractivity contribution in [2.24, 2.45) is 0 Å². The highest BCUT2D eigenvalue weighted by molar-refractivity contribution is 5.48. The van der Waals surface area contributed by atoms with Gasteiger partial charge in [0, 0.05) is 31.1 Å². The van der Waals surface area contributed by atoms with Gasteiger partial charge in [-0.2, -0.15) is 0 Å². The summed E-state index contributed by atoms with van der Waals surface area (Å²) in [5.74, 6) is 1.86. The second-order valence-electron chi connectivity index (χ2n) is 5.15. The van der Waals surface area contributed by atoms with Gasteiger partial charge in [0.15, 0.2) is 0 Å². The first-order valence-corrected chi connectivity index (χ1v) is 6.85. The van der Waals surface area contributed by atoms with Crippen molar-refractivity contribution in [2.45, 2.75) is 18.8 Å². The Kier molecular flexibility index (Phi) is 3.83. The lowest BCUT2D eigenvalue weighted by atomic mass is 9.95. The van der Waals surface area contributed by atoms with E-state index in [0.29, 0.717) is 11.7 Å². The maximum Gasteiger partial charge on any atom is 0.150 e. The van der Waals surface area contributed by atoms with Crippen LogP contribution in [0.4, 0.5) is 11.6 Å². The van der Waals surface area contributed by atoms with Gasteiger partial charge in [-0.1, -0.05) is 0 Å². The number of likely N-dealkylation sites (tertiary alicyclic amines) is 1. The molecular formula is C14H18N6. The van der Waals surface area contributed by atoms with Crippen molar-refractivity contribution in [3.05, 3.63) is 36.7 Å². The molecule has 3 heterocycles. The maximum absolute atomic E-state index is 4.66. The van der Waals surface area contributed by atoms with Crippen LogP contribution in [0.2, 0.25) is 0 Å². The molecule has 2 aromatic rings. The Hall–Kier alpha value is -2.08. The Balaban J connectivity index is 1.75. The number of anilines is 2. The molecule has 1 atom stereocenters.